The molecule has 2 N–H and O–H groups in total. The van der Waals surface area contributed by atoms with E-state index in [4.69, 9.17) is 5.11 Å². The zero-order valence-electron chi connectivity index (χ0n) is 14.9. The second kappa shape index (κ2) is 7.63. The summed E-state index contributed by atoms with van der Waals surface area (Å²) in [5.74, 6) is -1.16. The normalized spacial score (nSPS) is 12.0. The van der Waals surface area contributed by atoms with Crippen LogP contribution >= 0.6 is 0 Å². The van der Waals surface area contributed by atoms with E-state index in [0.717, 1.165) is 16.7 Å². The number of aromatic nitrogens is 2. The molecule has 0 spiro atoms. The highest BCUT2D eigenvalue weighted by Crippen LogP contribution is 2.25. The lowest BCUT2D eigenvalue weighted by molar-refractivity contribution is 0.151. The summed E-state index contributed by atoms with van der Waals surface area (Å²) in [7, 11) is 0. The number of hydrogen-bond acceptors (Lipinski definition) is 4. The summed E-state index contributed by atoms with van der Waals surface area (Å²) in [4.78, 5) is 28.5. The van der Waals surface area contributed by atoms with Gasteiger partial charge in [0.1, 0.15) is 17.7 Å². The number of fused-ring (bicyclic) bond motifs is 1. The number of benzene rings is 2. The van der Waals surface area contributed by atoms with Crippen LogP contribution in [0.4, 0.5) is 18.0 Å². The van der Waals surface area contributed by atoms with Crippen LogP contribution in [0.5, 0.6) is 0 Å². The number of carbonyl (C=O) groups is 1. The predicted molar refractivity (Wildman–Crippen MR) is 96.5 cm³/mol. The first-order valence-corrected chi connectivity index (χ1v) is 8.27. The first-order valence-electron chi connectivity index (χ1n) is 8.27. The fourth-order valence-corrected chi connectivity index (χ4v) is 2.98. The van der Waals surface area contributed by atoms with E-state index in [9.17, 15) is 28.0 Å². The quantitative estimate of drug-likeness (QED) is 0.692. The Kier molecular flexibility index (Phi) is 5.23. The molecular formula is C19H13F3N4O3. The Hall–Kier alpha value is -3.87. The van der Waals surface area contributed by atoms with Crippen molar-refractivity contribution < 1.29 is 23.1 Å². The van der Waals surface area contributed by atoms with Gasteiger partial charge in [0.25, 0.3) is 12.0 Å². The minimum Gasteiger partial charge on any atom is -0.465 e. The molecule has 0 aliphatic carbocycles. The first-order chi connectivity index (χ1) is 13.7. The Morgan fingerprint density at radius 3 is 2.66 bits per heavy atom. The molecule has 2 aromatic carbocycles. The number of nitrogens with one attached hydrogen (secondary N) is 1. The zero-order valence-corrected chi connectivity index (χ0v) is 14.9. The molecule has 10 heteroatoms. The van der Waals surface area contributed by atoms with E-state index in [1.807, 2.05) is 6.07 Å². The molecule has 1 amide bonds. The number of nitriles is 1. The van der Waals surface area contributed by atoms with Gasteiger partial charge in [0.05, 0.1) is 28.2 Å². The molecule has 0 bridgehead atoms. The predicted octanol–water partition coefficient (Wildman–Crippen LogP) is 3.66. The van der Waals surface area contributed by atoms with E-state index in [2.05, 4.69) is 10.3 Å². The van der Waals surface area contributed by atoms with Crippen LogP contribution in [0, 0.1) is 17.1 Å². The van der Waals surface area contributed by atoms with E-state index in [-0.39, 0.29) is 28.0 Å². The second-order valence-corrected chi connectivity index (χ2v) is 6.14. The van der Waals surface area contributed by atoms with Gasteiger partial charge in [-0.1, -0.05) is 6.07 Å². The number of alkyl halides is 2. The van der Waals surface area contributed by atoms with Crippen LogP contribution in [-0.4, -0.2) is 20.8 Å². The molecule has 148 valence electrons. The highest BCUT2D eigenvalue weighted by Gasteiger charge is 2.22. The van der Waals surface area contributed by atoms with Gasteiger partial charge in [-0.25, -0.2) is 22.9 Å². The largest absolute Gasteiger partial charge is 0.465 e. The summed E-state index contributed by atoms with van der Waals surface area (Å²) in [6, 6.07) is 7.53. The summed E-state index contributed by atoms with van der Waals surface area (Å²) in [5, 5.41) is 20.3. The Labute approximate surface area is 161 Å². The third kappa shape index (κ3) is 3.75. The second-order valence-electron chi connectivity index (χ2n) is 6.14. The monoisotopic (exact) mass is 402 g/mol. The van der Waals surface area contributed by atoms with Crippen LogP contribution in [0.1, 0.15) is 36.3 Å². The van der Waals surface area contributed by atoms with Crippen molar-refractivity contribution in [3.8, 4) is 11.8 Å². The van der Waals surface area contributed by atoms with Gasteiger partial charge in [0, 0.05) is 5.56 Å². The first kappa shape index (κ1) is 19.9. The number of carboxylic acid groups (broad SMARTS) is 1. The smallest absolute Gasteiger partial charge is 0.405 e. The number of nitrogens with zero attached hydrogens (tertiary/aromatic N) is 3. The molecule has 1 atom stereocenters. The summed E-state index contributed by atoms with van der Waals surface area (Å²) < 4.78 is 41.1. The molecule has 1 unspecified atom stereocenters. The SMILES string of the molecule is CC(NC(=O)O)c1nc2cccc(C#N)c2c(=O)n1-c1cc(F)cc(C(F)F)c1. The Balaban J connectivity index is 2.43. The Bertz CT molecular complexity index is 1220. The lowest BCUT2D eigenvalue weighted by Crippen LogP contribution is -2.32. The van der Waals surface area contributed by atoms with Crippen molar-refractivity contribution in [2.75, 3.05) is 0 Å². The lowest BCUT2D eigenvalue weighted by atomic mass is 10.1. The van der Waals surface area contributed by atoms with Crippen molar-refractivity contribution >= 4 is 17.0 Å². The minimum absolute atomic E-state index is 0.00960. The summed E-state index contributed by atoms with van der Waals surface area (Å²) >= 11 is 0. The average Bonchev–Trinajstić information content (AvgIpc) is 2.66. The van der Waals surface area contributed by atoms with Gasteiger partial charge < -0.3 is 10.4 Å². The standard InChI is InChI=1S/C19H13F3N4O3/c1-9(24-19(28)29)17-25-14-4-2-3-10(8-23)15(14)18(27)26(17)13-6-11(16(21)22)5-12(20)7-13/h2-7,9,16,24H,1H3,(H,28,29). The maximum Gasteiger partial charge on any atom is 0.405 e. The molecule has 0 saturated heterocycles. The molecule has 0 radical (unpaired) electrons. The van der Waals surface area contributed by atoms with Crippen molar-refractivity contribution in [2.45, 2.75) is 19.4 Å². The number of hydrogen-bond donors (Lipinski definition) is 2. The van der Waals surface area contributed by atoms with Gasteiger partial charge in [-0.2, -0.15) is 5.26 Å². The van der Waals surface area contributed by atoms with Crippen molar-refractivity contribution in [3.05, 3.63) is 69.5 Å². The van der Waals surface area contributed by atoms with Gasteiger partial charge in [-0.3, -0.25) is 9.36 Å². The molecule has 0 saturated carbocycles. The third-order valence-electron chi connectivity index (χ3n) is 4.19. The van der Waals surface area contributed by atoms with Crippen LogP contribution in [0.15, 0.2) is 41.2 Å². The Morgan fingerprint density at radius 2 is 2.03 bits per heavy atom. The topological polar surface area (TPSA) is 108 Å². The highest BCUT2D eigenvalue weighted by molar-refractivity contribution is 5.84. The highest BCUT2D eigenvalue weighted by atomic mass is 19.3. The molecule has 7 nitrogen and oxygen atoms in total. The van der Waals surface area contributed by atoms with Crippen molar-refractivity contribution in [1.29, 1.82) is 5.26 Å². The Morgan fingerprint density at radius 1 is 1.31 bits per heavy atom. The van der Waals surface area contributed by atoms with Crippen LogP contribution in [0.2, 0.25) is 0 Å². The van der Waals surface area contributed by atoms with Crippen molar-refractivity contribution in [2.24, 2.45) is 0 Å². The van der Waals surface area contributed by atoms with E-state index >= 15 is 0 Å². The van der Waals surface area contributed by atoms with Gasteiger partial charge >= 0.3 is 6.09 Å². The van der Waals surface area contributed by atoms with E-state index in [0.29, 0.717) is 6.07 Å². The minimum atomic E-state index is -3.00. The van der Waals surface area contributed by atoms with Gasteiger partial charge in [0.2, 0.25) is 0 Å². The number of halogens is 3. The fourth-order valence-electron chi connectivity index (χ4n) is 2.98. The average molecular weight is 402 g/mol. The number of rotatable bonds is 4. The van der Waals surface area contributed by atoms with E-state index < -0.39 is 35.5 Å². The molecular weight excluding hydrogens is 389 g/mol. The van der Waals surface area contributed by atoms with Crippen LogP contribution in [-0.2, 0) is 0 Å². The molecule has 3 aromatic rings. The van der Waals surface area contributed by atoms with E-state index in [1.165, 1.54) is 25.1 Å². The lowest BCUT2D eigenvalue weighted by Gasteiger charge is -2.19. The zero-order chi connectivity index (χ0) is 21.3. The molecule has 0 fully saturated rings. The molecule has 0 aliphatic heterocycles. The van der Waals surface area contributed by atoms with Crippen LogP contribution in [0.25, 0.3) is 16.6 Å². The number of amides is 1. The van der Waals surface area contributed by atoms with Crippen molar-refractivity contribution in [3.63, 3.8) is 0 Å². The third-order valence-corrected chi connectivity index (χ3v) is 4.19. The molecule has 0 aliphatic rings. The molecule has 1 heterocycles. The summed E-state index contributed by atoms with van der Waals surface area (Å²) in [5.41, 5.74) is -1.63. The fraction of sp³-hybridized carbons (Fsp3) is 0.158. The van der Waals surface area contributed by atoms with Gasteiger partial charge in [-0.15, -0.1) is 0 Å². The van der Waals surface area contributed by atoms with Gasteiger partial charge in [0.15, 0.2) is 0 Å². The molecule has 3 rings (SSSR count). The maximum absolute atomic E-state index is 14.0. The summed E-state index contributed by atoms with van der Waals surface area (Å²) in [6.45, 7) is 1.39. The molecule has 1 aromatic heterocycles. The molecule has 29 heavy (non-hydrogen) atoms. The summed E-state index contributed by atoms with van der Waals surface area (Å²) in [6.07, 6.45) is -4.40. The van der Waals surface area contributed by atoms with Crippen LogP contribution in [0.3, 0.4) is 0 Å². The van der Waals surface area contributed by atoms with Crippen LogP contribution < -0.4 is 10.9 Å². The van der Waals surface area contributed by atoms with Crippen molar-refractivity contribution in [1.82, 2.24) is 14.9 Å². The maximum atomic E-state index is 14.0. The van der Waals surface area contributed by atoms with E-state index in [1.54, 1.807) is 0 Å². The van der Waals surface area contributed by atoms with Gasteiger partial charge in [-0.05, 0) is 37.3 Å².